The average molecular weight is 315 g/mol. The van der Waals surface area contributed by atoms with Gasteiger partial charge in [-0.1, -0.05) is 11.6 Å². The van der Waals surface area contributed by atoms with E-state index < -0.39 is 28.9 Å². The molecule has 1 aliphatic rings. The summed E-state index contributed by atoms with van der Waals surface area (Å²) in [6, 6.07) is 2.28. The molecule has 1 aromatic rings. The van der Waals surface area contributed by atoms with Crippen LogP contribution in [0.15, 0.2) is 18.2 Å². The lowest BCUT2D eigenvalue weighted by Crippen LogP contribution is -2.40. The van der Waals surface area contributed by atoms with Crippen LogP contribution in [0.2, 0.25) is 5.02 Å². The van der Waals surface area contributed by atoms with Gasteiger partial charge in [0.05, 0.1) is 11.0 Å². The van der Waals surface area contributed by atoms with Gasteiger partial charge in [-0.15, -0.1) is 0 Å². The molecule has 8 nitrogen and oxygen atoms in total. The summed E-state index contributed by atoms with van der Waals surface area (Å²) in [6.07, 6.45) is -0.967. The molecule has 0 radical (unpaired) electrons. The molecule has 1 heterocycles. The molecule has 2 atom stereocenters. The van der Waals surface area contributed by atoms with Gasteiger partial charge in [0.1, 0.15) is 11.1 Å². The molecule has 0 aromatic heterocycles. The molecule has 9 heteroatoms. The monoisotopic (exact) mass is 314 g/mol. The summed E-state index contributed by atoms with van der Waals surface area (Å²) in [5.41, 5.74) is -0.310. The third kappa shape index (κ3) is 2.96. The Labute approximate surface area is 123 Å². The molecule has 0 bridgehead atoms. The maximum atomic E-state index is 12.3. The lowest BCUT2D eigenvalue weighted by molar-refractivity contribution is -0.384. The number of nitrogens with zero attached hydrogens (tertiary/aromatic N) is 2. The van der Waals surface area contributed by atoms with Crippen molar-refractivity contribution in [2.75, 3.05) is 6.54 Å². The van der Waals surface area contributed by atoms with Crippen LogP contribution < -0.4 is 0 Å². The van der Waals surface area contributed by atoms with Crippen LogP contribution in [0.3, 0.4) is 0 Å². The maximum Gasteiger partial charge on any atom is 0.326 e. The van der Waals surface area contributed by atoms with E-state index in [0.717, 1.165) is 17.0 Å². The normalized spacial score (nSPS) is 21.3. The highest BCUT2D eigenvalue weighted by Crippen LogP contribution is 2.27. The number of hydrogen-bond acceptors (Lipinski definition) is 5. The number of carboxylic acids is 1. The zero-order chi connectivity index (χ0) is 15.7. The number of benzene rings is 1. The Kier molecular flexibility index (Phi) is 4.10. The minimum Gasteiger partial charge on any atom is -0.480 e. The van der Waals surface area contributed by atoms with Crippen LogP contribution in [0.1, 0.15) is 16.8 Å². The minimum absolute atomic E-state index is 0.0333. The van der Waals surface area contributed by atoms with Crippen molar-refractivity contribution >= 4 is 29.2 Å². The number of aliphatic carboxylic acids is 1. The number of aliphatic hydroxyl groups is 1. The molecule has 1 aromatic carbocycles. The molecule has 112 valence electrons. The Balaban J connectivity index is 2.29. The number of hydrogen-bond donors (Lipinski definition) is 2. The summed E-state index contributed by atoms with van der Waals surface area (Å²) >= 11 is 5.72. The number of β-amino-alcohol motifs (C(OH)–C–C–N with tert-alkyl or cyclic N) is 1. The molecule has 21 heavy (non-hydrogen) atoms. The van der Waals surface area contributed by atoms with E-state index in [1.54, 1.807) is 0 Å². The Hall–Kier alpha value is -2.19. The van der Waals surface area contributed by atoms with E-state index in [-0.39, 0.29) is 29.2 Å². The average Bonchev–Trinajstić information content (AvgIpc) is 2.79. The molecule has 0 saturated carbocycles. The van der Waals surface area contributed by atoms with Crippen LogP contribution in [0.4, 0.5) is 5.69 Å². The molecular weight excluding hydrogens is 304 g/mol. The molecule has 2 rings (SSSR count). The van der Waals surface area contributed by atoms with Crippen molar-refractivity contribution in [3.05, 3.63) is 38.9 Å². The van der Waals surface area contributed by atoms with Crippen molar-refractivity contribution in [1.29, 1.82) is 0 Å². The first-order valence-electron chi connectivity index (χ1n) is 5.97. The van der Waals surface area contributed by atoms with Gasteiger partial charge in [-0.2, -0.15) is 0 Å². The Morgan fingerprint density at radius 1 is 1.43 bits per heavy atom. The molecule has 1 fully saturated rings. The Morgan fingerprint density at radius 3 is 2.62 bits per heavy atom. The number of amides is 1. The zero-order valence-electron chi connectivity index (χ0n) is 10.6. The van der Waals surface area contributed by atoms with Crippen molar-refractivity contribution in [2.24, 2.45) is 0 Å². The van der Waals surface area contributed by atoms with Crippen molar-refractivity contribution in [3.8, 4) is 0 Å². The summed E-state index contributed by atoms with van der Waals surface area (Å²) in [7, 11) is 0. The maximum absolute atomic E-state index is 12.3. The predicted octanol–water partition coefficient (Wildman–Crippen LogP) is 0.908. The first-order valence-corrected chi connectivity index (χ1v) is 6.35. The number of halogens is 1. The molecule has 0 aliphatic carbocycles. The van der Waals surface area contributed by atoms with Gasteiger partial charge in [0.15, 0.2) is 0 Å². The molecule has 0 spiro atoms. The van der Waals surface area contributed by atoms with Crippen molar-refractivity contribution < 1.29 is 24.7 Å². The smallest absolute Gasteiger partial charge is 0.326 e. The highest BCUT2D eigenvalue weighted by atomic mass is 35.5. The van der Waals surface area contributed by atoms with Crippen LogP contribution in [-0.2, 0) is 4.79 Å². The third-order valence-electron chi connectivity index (χ3n) is 3.22. The highest BCUT2D eigenvalue weighted by Gasteiger charge is 2.39. The van der Waals surface area contributed by atoms with Gasteiger partial charge in [-0.3, -0.25) is 14.9 Å². The second-order valence-corrected chi connectivity index (χ2v) is 5.03. The Bertz CT molecular complexity index is 620. The highest BCUT2D eigenvalue weighted by molar-refractivity contribution is 6.33. The number of carbonyl (C=O) groups is 2. The first-order chi connectivity index (χ1) is 9.81. The standard InChI is InChI=1S/C12H11ClN2O6/c13-8-3-6(1-2-9(8)15(20)21)11(17)14-5-7(16)4-10(14)12(18)19/h1-3,7,10,16H,4-5H2,(H,18,19). The molecule has 2 N–H and O–H groups in total. The van der Waals surface area contributed by atoms with Crippen LogP contribution >= 0.6 is 11.6 Å². The summed E-state index contributed by atoms with van der Waals surface area (Å²) in [5, 5.41) is 29.0. The summed E-state index contributed by atoms with van der Waals surface area (Å²) in [5.74, 6) is -1.86. The predicted molar refractivity (Wildman–Crippen MR) is 71.2 cm³/mol. The largest absolute Gasteiger partial charge is 0.480 e. The quantitative estimate of drug-likeness (QED) is 0.631. The fourth-order valence-electron chi connectivity index (χ4n) is 2.23. The molecule has 2 unspecified atom stereocenters. The molecule has 1 saturated heterocycles. The lowest BCUT2D eigenvalue weighted by atomic mass is 10.1. The zero-order valence-corrected chi connectivity index (χ0v) is 11.4. The van der Waals surface area contributed by atoms with Gasteiger partial charge in [-0.05, 0) is 12.1 Å². The summed E-state index contributed by atoms with van der Waals surface area (Å²) in [6.45, 7) is -0.107. The second kappa shape index (κ2) is 5.66. The van der Waals surface area contributed by atoms with Gasteiger partial charge in [0.25, 0.3) is 11.6 Å². The van der Waals surface area contributed by atoms with E-state index in [1.165, 1.54) is 6.07 Å². The van der Waals surface area contributed by atoms with Crippen LogP contribution in [0.25, 0.3) is 0 Å². The van der Waals surface area contributed by atoms with Crippen molar-refractivity contribution in [1.82, 2.24) is 4.90 Å². The third-order valence-corrected chi connectivity index (χ3v) is 3.52. The Morgan fingerprint density at radius 2 is 2.10 bits per heavy atom. The van der Waals surface area contributed by atoms with E-state index in [1.807, 2.05) is 0 Å². The summed E-state index contributed by atoms with van der Waals surface area (Å²) in [4.78, 5) is 34.3. The number of carbonyl (C=O) groups excluding carboxylic acids is 1. The fourth-order valence-corrected chi connectivity index (χ4v) is 2.48. The van der Waals surface area contributed by atoms with E-state index in [9.17, 15) is 24.8 Å². The van der Waals surface area contributed by atoms with Gasteiger partial charge < -0.3 is 15.1 Å². The van der Waals surface area contributed by atoms with E-state index in [4.69, 9.17) is 16.7 Å². The van der Waals surface area contributed by atoms with Gasteiger partial charge in [-0.25, -0.2) is 4.79 Å². The molecule has 1 amide bonds. The van der Waals surface area contributed by atoms with Crippen molar-refractivity contribution in [2.45, 2.75) is 18.6 Å². The topological polar surface area (TPSA) is 121 Å². The summed E-state index contributed by atoms with van der Waals surface area (Å²) < 4.78 is 0. The van der Waals surface area contributed by atoms with Crippen LogP contribution in [0, 0.1) is 10.1 Å². The van der Waals surface area contributed by atoms with Gasteiger partial charge in [0.2, 0.25) is 0 Å². The van der Waals surface area contributed by atoms with E-state index >= 15 is 0 Å². The number of likely N-dealkylation sites (tertiary alicyclic amines) is 1. The fraction of sp³-hybridized carbons (Fsp3) is 0.333. The van der Waals surface area contributed by atoms with Crippen LogP contribution in [-0.4, -0.2) is 50.6 Å². The lowest BCUT2D eigenvalue weighted by Gasteiger charge is -2.21. The van der Waals surface area contributed by atoms with E-state index in [0.29, 0.717) is 0 Å². The molecular formula is C12H11ClN2O6. The number of carboxylic acid groups (broad SMARTS) is 1. The second-order valence-electron chi connectivity index (χ2n) is 4.62. The number of rotatable bonds is 3. The number of nitro groups is 1. The van der Waals surface area contributed by atoms with Gasteiger partial charge in [0, 0.05) is 24.6 Å². The van der Waals surface area contributed by atoms with Gasteiger partial charge >= 0.3 is 5.97 Å². The van der Waals surface area contributed by atoms with Crippen LogP contribution in [0.5, 0.6) is 0 Å². The van der Waals surface area contributed by atoms with E-state index in [2.05, 4.69) is 0 Å². The van der Waals surface area contributed by atoms with Crippen molar-refractivity contribution in [3.63, 3.8) is 0 Å². The minimum atomic E-state index is -1.21. The molecule has 1 aliphatic heterocycles. The first kappa shape index (κ1) is 15.2. The number of aliphatic hydroxyl groups excluding tert-OH is 1. The number of nitro benzene ring substituents is 1. The SMILES string of the molecule is O=C(O)C1CC(O)CN1C(=O)c1ccc([N+](=O)[O-])c(Cl)c1.